The van der Waals surface area contributed by atoms with Crippen molar-refractivity contribution in [3.05, 3.63) is 34.4 Å². The molecule has 1 aromatic rings. The number of aryl methyl sites for hydroxylation is 3. The molecule has 1 aromatic carbocycles. The van der Waals surface area contributed by atoms with Crippen LogP contribution in [-0.4, -0.2) is 11.9 Å². The van der Waals surface area contributed by atoms with E-state index in [4.69, 9.17) is 4.74 Å². The molecule has 3 nitrogen and oxygen atoms in total. The highest BCUT2D eigenvalue weighted by Crippen LogP contribution is 2.32. The van der Waals surface area contributed by atoms with Crippen molar-refractivity contribution in [2.24, 2.45) is 0 Å². The average molecular weight is 232 g/mol. The normalized spacial score (nSPS) is 20.3. The first kappa shape index (κ1) is 11.8. The van der Waals surface area contributed by atoms with Gasteiger partial charge in [-0.15, -0.1) is 0 Å². The third kappa shape index (κ3) is 2.23. The van der Waals surface area contributed by atoms with Crippen molar-refractivity contribution in [1.82, 2.24) is 0 Å². The number of benzene rings is 1. The van der Waals surface area contributed by atoms with Gasteiger partial charge in [0.1, 0.15) is 0 Å². The summed E-state index contributed by atoms with van der Waals surface area (Å²) in [6.45, 7) is 6.03. The molecule has 0 spiro atoms. The van der Waals surface area contributed by atoms with Gasteiger partial charge in [-0.3, -0.25) is 9.59 Å². The van der Waals surface area contributed by atoms with Crippen molar-refractivity contribution in [1.29, 1.82) is 0 Å². The van der Waals surface area contributed by atoms with Crippen LogP contribution in [0, 0.1) is 20.8 Å². The zero-order valence-electron chi connectivity index (χ0n) is 10.4. The molecular weight excluding hydrogens is 216 g/mol. The van der Waals surface area contributed by atoms with Gasteiger partial charge in [0.25, 0.3) is 0 Å². The monoisotopic (exact) mass is 232 g/mol. The molecule has 1 heterocycles. The lowest BCUT2D eigenvalue weighted by Crippen LogP contribution is -2.27. The van der Waals surface area contributed by atoms with Crippen molar-refractivity contribution in [2.45, 2.75) is 39.5 Å². The van der Waals surface area contributed by atoms with Crippen LogP contribution >= 0.6 is 0 Å². The van der Waals surface area contributed by atoms with E-state index < -0.39 is 11.9 Å². The molecule has 3 heteroatoms. The summed E-state index contributed by atoms with van der Waals surface area (Å²) in [4.78, 5) is 22.8. The highest BCUT2D eigenvalue weighted by molar-refractivity contribution is 5.92. The Hall–Kier alpha value is -1.64. The molecule has 1 atom stereocenters. The van der Waals surface area contributed by atoms with Gasteiger partial charge in [0.2, 0.25) is 0 Å². The van der Waals surface area contributed by atoms with E-state index >= 15 is 0 Å². The fourth-order valence-corrected chi connectivity index (χ4v) is 2.62. The minimum atomic E-state index is -0.409. The quantitative estimate of drug-likeness (QED) is 0.552. The van der Waals surface area contributed by atoms with Crippen LogP contribution in [0.3, 0.4) is 0 Å². The van der Waals surface area contributed by atoms with E-state index in [1.807, 2.05) is 20.8 Å². The Morgan fingerprint density at radius 1 is 1.12 bits per heavy atom. The van der Waals surface area contributed by atoms with Crippen LogP contribution in [0.25, 0.3) is 0 Å². The third-order valence-electron chi connectivity index (χ3n) is 3.22. The van der Waals surface area contributed by atoms with Crippen LogP contribution in [0.2, 0.25) is 0 Å². The maximum absolute atomic E-state index is 11.8. The predicted octanol–water partition coefficient (Wildman–Crippen LogP) is 2.56. The molecule has 0 N–H and O–H groups in total. The van der Waals surface area contributed by atoms with Gasteiger partial charge in [0.05, 0.1) is 5.92 Å². The van der Waals surface area contributed by atoms with E-state index in [1.165, 1.54) is 5.56 Å². The van der Waals surface area contributed by atoms with Crippen molar-refractivity contribution in [3.63, 3.8) is 0 Å². The van der Waals surface area contributed by atoms with Crippen molar-refractivity contribution >= 4 is 11.9 Å². The smallest absolute Gasteiger partial charge is 0.321 e. The summed E-state index contributed by atoms with van der Waals surface area (Å²) in [5, 5.41) is 0. The van der Waals surface area contributed by atoms with E-state index in [0.29, 0.717) is 12.8 Å². The Balaban J connectivity index is 2.40. The summed E-state index contributed by atoms with van der Waals surface area (Å²) < 4.78 is 4.72. The maximum atomic E-state index is 11.8. The van der Waals surface area contributed by atoms with E-state index in [2.05, 4.69) is 12.1 Å². The minimum Gasteiger partial charge on any atom is -0.393 e. The number of cyclic esters (lactones) is 2. The zero-order chi connectivity index (χ0) is 12.6. The standard InChI is InChI=1S/C14H16O3/c1-8-6-9(2)13(10(3)7-8)11-4-5-12(15)17-14(11)16/h6-7,11H,4-5H2,1-3H3. The van der Waals surface area contributed by atoms with Crippen molar-refractivity contribution in [2.75, 3.05) is 0 Å². The van der Waals surface area contributed by atoms with Crippen LogP contribution in [0.5, 0.6) is 0 Å². The van der Waals surface area contributed by atoms with Gasteiger partial charge in [-0.25, -0.2) is 0 Å². The first-order valence-electron chi connectivity index (χ1n) is 5.81. The zero-order valence-corrected chi connectivity index (χ0v) is 10.4. The molecule has 0 aromatic heterocycles. The number of hydrogen-bond donors (Lipinski definition) is 0. The third-order valence-corrected chi connectivity index (χ3v) is 3.22. The van der Waals surface area contributed by atoms with Gasteiger partial charge in [0.15, 0.2) is 0 Å². The second-order valence-corrected chi connectivity index (χ2v) is 4.70. The highest BCUT2D eigenvalue weighted by atomic mass is 16.6. The molecule has 17 heavy (non-hydrogen) atoms. The number of hydrogen-bond acceptors (Lipinski definition) is 3. The van der Waals surface area contributed by atoms with Gasteiger partial charge < -0.3 is 4.74 Å². The number of carbonyl (C=O) groups excluding carboxylic acids is 2. The molecule has 2 rings (SSSR count). The number of carbonyl (C=O) groups is 2. The average Bonchev–Trinajstić information content (AvgIpc) is 2.19. The van der Waals surface area contributed by atoms with Crippen molar-refractivity contribution in [3.8, 4) is 0 Å². The Kier molecular flexibility index (Phi) is 3.01. The SMILES string of the molecule is Cc1cc(C)c(C2CCC(=O)OC2=O)c(C)c1. The fraction of sp³-hybridized carbons (Fsp3) is 0.429. The summed E-state index contributed by atoms with van der Waals surface area (Å²) in [5.41, 5.74) is 4.40. The Bertz CT molecular complexity index is 465. The van der Waals surface area contributed by atoms with Crippen molar-refractivity contribution < 1.29 is 14.3 Å². The van der Waals surface area contributed by atoms with Gasteiger partial charge >= 0.3 is 11.9 Å². The highest BCUT2D eigenvalue weighted by Gasteiger charge is 2.32. The van der Waals surface area contributed by atoms with Gasteiger partial charge in [-0.2, -0.15) is 0 Å². The molecule has 90 valence electrons. The van der Waals surface area contributed by atoms with Crippen LogP contribution in [0.1, 0.15) is 41.0 Å². The van der Waals surface area contributed by atoms with Crippen LogP contribution in [0.4, 0.5) is 0 Å². The topological polar surface area (TPSA) is 43.4 Å². The molecular formula is C14H16O3. The first-order chi connectivity index (χ1) is 7.99. The lowest BCUT2D eigenvalue weighted by Gasteiger charge is -2.23. The molecule has 1 aliphatic heterocycles. The molecule has 0 amide bonds. The first-order valence-corrected chi connectivity index (χ1v) is 5.81. The molecule has 0 bridgehead atoms. The maximum Gasteiger partial charge on any atom is 0.321 e. The Morgan fingerprint density at radius 3 is 2.24 bits per heavy atom. The van der Waals surface area contributed by atoms with E-state index in [1.54, 1.807) is 0 Å². The minimum absolute atomic E-state index is 0.284. The number of esters is 2. The lowest BCUT2D eigenvalue weighted by atomic mass is 9.85. The van der Waals surface area contributed by atoms with Crippen LogP contribution in [0.15, 0.2) is 12.1 Å². The lowest BCUT2D eigenvalue weighted by molar-refractivity contribution is -0.164. The summed E-state index contributed by atoms with van der Waals surface area (Å²) in [6.07, 6.45) is 0.881. The molecule has 0 saturated carbocycles. The van der Waals surface area contributed by atoms with Gasteiger partial charge in [-0.1, -0.05) is 17.7 Å². The molecule has 0 aliphatic carbocycles. The summed E-state index contributed by atoms with van der Waals surface area (Å²) >= 11 is 0. The summed E-state index contributed by atoms with van der Waals surface area (Å²) in [5.74, 6) is -1.10. The molecule has 0 radical (unpaired) electrons. The molecule has 1 saturated heterocycles. The van der Waals surface area contributed by atoms with Crippen LogP contribution < -0.4 is 0 Å². The van der Waals surface area contributed by atoms with Crippen LogP contribution in [-0.2, 0) is 14.3 Å². The Morgan fingerprint density at radius 2 is 1.71 bits per heavy atom. The summed E-state index contributed by atoms with van der Waals surface area (Å²) in [6, 6.07) is 4.12. The fourth-order valence-electron chi connectivity index (χ4n) is 2.62. The van der Waals surface area contributed by atoms with Gasteiger partial charge in [0, 0.05) is 6.42 Å². The second-order valence-electron chi connectivity index (χ2n) is 4.70. The number of rotatable bonds is 1. The van der Waals surface area contributed by atoms with E-state index in [0.717, 1.165) is 16.7 Å². The van der Waals surface area contributed by atoms with Gasteiger partial charge in [-0.05, 0) is 43.9 Å². The van der Waals surface area contributed by atoms with E-state index in [-0.39, 0.29) is 5.92 Å². The predicted molar refractivity (Wildman–Crippen MR) is 63.7 cm³/mol. The largest absolute Gasteiger partial charge is 0.393 e. The number of ether oxygens (including phenoxy) is 1. The molecule has 1 fully saturated rings. The molecule has 1 unspecified atom stereocenters. The molecule has 1 aliphatic rings. The Labute approximate surface area is 101 Å². The van der Waals surface area contributed by atoms with E-state index in [9.17, 15) is 9.59 Å². The summed E-state index contributed by atoms with van der Waals surface area (Å²) in [7, 11) is 0. The second kappa shape index (κ2) is 4.32.